The van der Waals surface area contributed by atoms with Gasteiger partial charge in [-0.3, -0.25) is 9.69 Å². The number of morpholine rings is 1. The number of ketones is 1. The second-order valence-corrected chi connectivity index (χ2v) is 8.38. The number of hydrogen-bond acceptors (Lipinski definition) is 5. The normalized spacial score (nSPS) is 17.6. The number of ether oxygens (including phenoxy) is 1. The average molecular weight is 369 g/mol. The van der Waals surface area contributed by atoms with Crippen molar-refractivity contribution in [3.8, 4) is 0 Å². The van der Waals surface area contributed by atoms with Gasteiger partial charge in [0, 0.05) is 35.5 Å². The molecular formula is C21H24N2O2S. The van der Waals surface area contributed by atoms with Crippen LogP contribution in [0.1, 0.15) is 24.2 Å². The minimum atomic E-state index is -0.531. The quantitative estimate of drug-likeness (QED) is 0.758. The number of nitrogens with zero attached hydrogens (tertiary/aromatic N) is 2. The second-order valence-electron chi connectivity index (χ2n) is 7.30. The first-order valence-corrected chi connectivity index (χ1v) is 9.82. The van der Waals surface area contributed by atoms with Crippen LogP contribution < -0.4 is 4.90 Å². The molecule has 4 rings (SSSR count). The number of carbonyl (C=O) groups is 1. The molecule has 26 heavy (non-hydrogen) atoms. The standard InChI is InChI=1S/C21H24N2O2S/c1-21(2,23-10-12-25-13-11-23)20(24)15-8-9-19-17(14-15)22(3)16-6-4-5-7-18(16)26-19/h4-9,14H,10-13H2,1-3H3. The molecule has 136 valence electrons. The minimum Gasteiger partial charge on any atom is -0.379 e. The molecule has 5 heteroatoms. The summed E-state index contributed by atoms with van der Waals surface area (Å²) < 4.78 is 5.44. The van der Waals surface area contributed by atoms with Crippen LogP contribution in [0.3, 0.4) is 0 Å². The number of para-hydroxylation sites is 1. The van der Waals surface area contributed by atoms with Gasteiger partial charge in [-0.05, 0) is 38.1 Å². The van der Waals surface area contributed by atoms with E-state index in [0.29, 0.717) is 13.2 Å². The van der Waals surface area contributed by atoms with E-state index in [9.17, 15) is 4.79 Å². The first-order chi connectivity index (χ1) is 12.5. The SMILES string of the molecule is CN1c2ccccc2Sc2ccc(C(=O)C(C)(C)N3CCOCC3)cc21. The van der Waals surface area contributed by atoms with Gasteiger partial charge in [-0.15, -0.1) is 0 Å². The summed E-state index contributed by atoms with van der Waals surface area (Å²) in [6.45, 7) is 7.02. The highest BCUT2D eigenvalue weighted by Gasteiger charge is 2.36. The van der Waals surface area contributed by atoms with E-state index in [-0.39, 0.29) is 5.78 Å². The molecule has 0 radical (unpaired) electrons. The zero-order chi connectivity index (χ0) is 18.3. The lowest BCUT2D eigenvalue weighted by molar-refractivity contribution is -0.00429. The van der Waals surface area contributed by atoms with E-state index in [2.05, 4.69) is 47.2 Å². The maximum atomic E-state index is 13.3. The molecule has 0 bridgehead atoms. The number of Topliss-reactive ketones (excluding diaryl/α,β-unsaturated/α-hetero) is 1. The Morgan fingerprint density at radius 2 is 1.73 bits per heavy atom. The van der Waals surface area contributed by atoms with Crippen molar-refractivity contribution in [3.05, 3.63) is 48.0 Å². The molecular weight excluding hydrogens is 344 g/mol. The van der Waals surface area contributed by atoms with Crippen LogP contribution in [0.4, 0.5) is 11.4 Å². The number of hydrogen-bond donors (Lipinski definition) is 0. The Hall–Kier alpha value is -1.82. The fourth-order valence-electron chi connectivity index (χ4n) is 3.70. The number of fused-ring (bicyclic) bond motifs is 2. The van der Waals surface area contributed by atoms with E-state index in [1.54, 1.807) is 11.8 Å². The summed E-state index contributed by atoms with van der Waals surface area (Å²) in [6.07, 6.45) is 0. The zero-order valence-corrected chi connectivity index (χ0v) is 16.3. The second kappa shape index (κ2) is 6.72. The van der Waals surface area contributed by atoms with Gasteiger partial charge in [-0.1, -0.05) is 30.0 Å². The molecule has 0 unspecified atom stereocenters. The van der Waals surface area contributed by atoms with Gasteiger partial charge in [0.1, 0.15) is 0 Å². The van der Waals surface area contributed by atoms with Crippen LogP contribution in [-0.4, -0.2) is 49.6 Å². The van der Waals surface area contributed by atoms with Gasteiger partial charge >= 0.3 is 0 Å². The van der Waals surface area contributed by atoms with Crippen molar-refractivity contribution in [1.29, 1.82) is 0 Å². The molecule has 2 aliphatic rings. The van der Waals surface area contributed by atoms with Crippen LogP contribution in [0.5, 0.6) is 0 Å². The highest BCUT2D eigenvalue weighted by Crippen LogP contribution is 2.47. The van der Waals surface area contributed by atoms with Crippen molar-refractivity contribution in [3.63, 3.8) is 0 Å². The van der Waals surface area contributed by atoms with Gasteiger partial charge in [-0.25, -0.2) is 0 Å². The zero-order valence-electron chi connectivity index (χ0n) is 15.5. The Kier molecular flexibility index (Phi) is 4.55. The van der Waals surface area contributed by atoms with Crippen molar-refractivity contribution in [2.75, 3.05) is 38.3 Å². The molecule has 0 amide bonds. The third kappa shape index (κ3) is 2.94. The van der Waals surface area contributed by atoms with E-state index < -0.39 is 5.54 Å². The van der Waals surface area contributed by atoms with E-state index in [1.165, 1.54) is 15.5 Å². The molecule has 0 N–H and O–H groups in total. The van der Waals surface area contributed by atoms with Gasteiger partial charge in [0.15, 0.2) is 5.78 Å². The van der Waals surface area contributed by atoms with Gasteiger partial charge in [0.25, 0.3) is 0 Å². The van der Waals surface area contributed by atoms with E-state index in [4.69, 9.17) is 4.74 Å². The highest BCUT2D eigenvalue weighted by molar-refractivity contribution is 7.99. The van der Waals surface area contributed by atoms with Gasteiger partial charge in [0.2, 0.25) is 0 Å². The molecule has 1 fully saturated rings. The molecule has 0 spiro atoms. The molecule has 0 aliphatic carbocycles. The lowest BCUT2D eigenvalue weighted by atomic mass is 9.90. The number of rotatable bonds is 3. The average Bonchev–Trinajstić information content (AvgIpc) is 2.68. The summed E-state index contributed by atoms with van der Waals surface area (Å²) in [6, 6.07) is 14.5. The van der Waals surface area contributed by atoms with Crippen LogP contribution in [0, 0.1) is 0 Å². The lowest BCUT2D eigenvalue weighted by Crippen LogP contribution is -2.54. The molecule has 0 atom stereocenters. The predicted molar refractivity (Wildman–Crippen MR) is 106 cm³/mol. The number of benzene rings is 2. The molecule has 2 aromatic rings. The van der Waals surface area contributed by atoms with Crippen LogP contribution >= 0.6 is 11.8 Å². The third-order valence-electron chi connectivity index (χ3n) is 5.39. The monoisotopic (exact) mass is 368 g/mol. The predicted octanol–water partition coefficient (Wildman–Crippen LogP) is 4.21. The Bertz CT molecular complexity index is 844. The summed E-state index contributed by atoms with van der Waals surface area (Å²) in [5.74, 6) is 0.166. The van der Waals surface area contributed by atoms with Gasteiger partial charge in [0.05, 0.1) is 30.1 Å². The van der Waals surface area contributed by atoms with Crippen LogP contribution in [-0.2, 0) is 4.74 Å². The largest absolute Gasteiger partial charge is 0.379 e. The smallest absolute Gasteiger partial charge is 0.182 e. The third-order valence-corrected chi connectivity index (χ3v) is 6.52. The van der Waals surface area contributed by atoms with Gasteiger partial charge < -0.3 is 9.64 Å². The first-order valence-electron chi connectivity index (χ1n) is 9.01. The Balaban J connectivity index is 1.65. The van der Waals surface area contributed by atoms with Crippen molar-refractivity contribution in [2.24, 2.45) is 0 Å². The highest BCUT2D eigenvalue weighted by atomic mass is 32.2. The van der Waals surface area contributed by atoms with Crippen LogP contribution in [0.2, 0.25) is 0 Å². The molecule has 1 saturated heterocycles. The molecule has 0 saturated carbocycles. The molecule has 2 aliphatic heterocycles. The Morgan fingerprint density at radius 3 is 2.50 bits per heavy atom. The van der Waals surface area contributed by atoms with Gasteiger partial charge in [-0.2, -0.15) is 0 Å². The lowest BCUT2D eigenvalue weighted by Gasteiger charge is -2.39. The van der Waals surface area contributed by atoms with Crippen molar-refractivity contribution in [1.82, 2.24) is 4.90 Å². The summed E-state index contributed by atoms with van der Waals surface area (Å²) in [4.78, 5) is 20.1. The van der Waals surface area contributed by atoms with Crippen molar-refractivity contribution < 1.29 is 9.53 Å². The fourth-order valence-corrected chi connectivity index (χ4v) is 4.82. The fraction of sp³-hybridized carbons (Fsp3) is 0.381. The molecule has 2 heterocycles. The maximum absolute atomic E-state index is 13.3. The minimum absolute atomic E-state index is 0.166. The summed E-state index contributed by atoms with van der Waals surface area (Å²) in [5.41, 5.74) is 2.52. The van der Waals surface area contributed by atoms with Crippen LogP contribution in [0.15, 0.2) is 52.3 Å². The van der Waals surface area contributed by atoms with E-state index in [0.717, 1.165) is 24.3 Å². The Labute approximate surface area is 159 Å². The Morgan fingerprint density at radius 1 is 1.04 bits per heavy atom. The number of carbonyl (C=O) groups excluding carboxylic acids is 1. The maximum Gasteiger partial charge on any atom is 0.182 e. The topological polar surface area (TPSA) is 32.8 Å². The number of anilines is 2. The summed E-state index contributed by atoms with van der Waals surface area (Å²) >= 11 is 1.76. The summed E-state index contributed by atoms with van der Waals surface area (Å²) in [5, 5.41) is 0. The summed E-state index contributed by atoms with van der Waals surface area (Å²) in [7, 11) is 2.07. The van der Waals surface area contributed by atoms with Crippen molar-refractivity contribution in [2.45, 2.75) is 29.2 Å². The molecule has 0 aromatic heterocycles. The van der Waals surface area contributed by atoms with E-state index >= 15 is 0 Å². The molecule has 4 nitrogen and oxygen atoms in total. The van der Waals surface area contributed by atoms with E-state index in [1.807, 2.05) is 26.0 Å². The molecule has 2 aromatic carbocycles. The van der Waals surface area contributed by atoms with Crippen LogP contribution in [0.25, 0.3) is 0 Å². The first kappa shape index (κ1) is 17.6. The van der Waals surface area contributed by atoms with Crippen molar-refractivity contribution >= 4 is 28.9 Å².